The number of aryl methyl sites for hydroxylation is 2. The number of nitrogens with one attached hydrogen (secondary N) is 2. The van der Waals surface area contributed by atoms with Gasteiger partial charge in [0.1, 0.15) is 5.75 Å². The van der Waals surface area contributed by atoms with E-state index in [9.17, 15) is 4.79 Å². The Labute approximate surface area is 188 Å². The number of aromatic amines is 1. The first kappa shape index (κ1) is 22.8. The fraction of sp³-hybridized carbons (Fsp3) is 0.333. The Morgan fingerprint density at radius 2 is 1.87 bits per heavy atom. The molecule has 31 heavy (non-hydrogen) atoms. The summed E-state index contributed by atoms with van der Waals surface area (Å²) >= 11 is 5.73. The average molecular weight is 439 g/mol. The monoisotopic (exact) mass is 438 g/mol. The molecular formula is C24H30N4O2S. The van der Waals surface area contributed by atoms with Crippen molar-refractivity contribution < 1.29 is 4.74 Å². The molecule has 0 spiro atoms. The lowest BCUT2D eigenvalue weighted by atomic mass is 10.0. The van der Waals surface area contributed by atoms with Gasteiger partial charge >= 0.3 is 0 Å². The van der Waals surface area contributed by atoms with E-state index in [1.54, 1.807) is 7.11 Å². The van der Waals surface area contributed by atoms with E-state index in [-0.39, 0.29) is 5.56 Å². The fourth-order valence-electron chi connectivity index (χ4n) is 3.55. The van der Waals surface area contributed by atoms with Crippen molar-refractivity contribution in [3.05, 3.63) is 69.5 Å². The van der Waals surface area contributed by atoms with Crippen LogP contribution in [0.4, 0.5) is 5.69 Å². The van der Waals surface area contributed by atoms with Crippen molar-refractivity contribution in [2.75, 3.05) is 39.6 Å². The van der Waals surface area contributed by atoms with Gasteiger partial charge < -0.3 is 24.8 Å². The first-order valence-corrected chi connectivity index (χ1v) is 10.7. The maximum Gasteiger partial charge on any atom is 0.253 e. The van der Waals surface area contributed by atoms with E-state index in [2.05, 4.69) is 28.2 Å². The van der Waals surface area contributed by atoms with Crippen LogP contribution in [0, 0.1) is 13.8 Å². The molecule has 2 N–H and O–H groups in total. The van der Waals surface area contributed by atoms with E-state index in [0.717, 1.165) is 34.3 Å². The summed E-state index contributed by atoms with van der Waals surface area (Å²) in [5.74, 6) is 0.715. The van der Waals surface area contributed by atoms with E-state index >= 15 is 0 Å². The van der Waals surface area contributed by atoms with E-state index in [4.69, 9.17) is 17.0 Å². The summed E-state index contributed by atoms with van der Waals surface area (Å²) in [7, 11) is 5.67. The zero-order valence-electron chi connectivity index (χ0n) is 18.8. The van der Waals surface area contributed by atoms with Crippen LogP contribution in [0.25, 0.3) is 10.9 Å². The number of para-hydroxylation sites is 2. The number of aromatic nitrogens is 1. The minimum absolute atomic E-state index is 0.0903. The van der Waals surface area contributed by atoms with E-state index in [0.29, 0.717) is 29.5 Å². The van der Waals surface area contributed by atoms with Crippen molar-refractivity contribution in [2.45, 2.75) is 20.4 Å². The van der Waals surface area contributed by atoms with Gasteiger partial charge in [0.25, 0.3) is 5.56 Å². The smallest absolute Gasteiger partial charge is 0.253 e. The normalized spacial score (nSPS) is 11.0. The molecule has 0 aliphatic heterocycles. The van der Waals surface area contributed by atoms with Crippen LogP contribution in [0.15, 0.2) is 47.3 Å². The molecule has 6 nitrogen and oxygen atoms in total. The topological polar surface area (TPSA) is 60.6 Å². The highest BCUT2D eigenvalue weighted by Gasteiger charge is 2.16. The number of rotatable bonds is 7. The zero-order valence-corrected chi connectivity index (χ0v) is 19.6. The minimum Gasteiger partial charge on any atom is -0.495 e. The molecule has 0 amide bonds. The Hall–Kier alpha value is -2.90. The van der Waals surface area contributed by atoms with Gasteiger partial charge in [0.2, 0.25) is 0 Å². The molecule has 0 unspecified atom stereocenters. The van der Waals surface area contributed by atoms with Crippen LogP contribution in [-0.2, 0) is 6.54 Å². The van der Waals surface area contributed by atoms with Crippen molar-refractivity contribution in [3.8, 4) is 5.75 Å². The molecule has 1 heterocycles. The molecule has 1 aromatic heterocycles. The van der Waals surface area contributed by atoms with Crippen molar-refractivity contribution in [1.82, 2.24) is 14.8 Å². The second kappa shape index (κ2) is 9.94. The largest absolute Gasteiger partial charge is 0.495 e. The van der Waals surface area contributed by atoms with Crippen LogP contribution in [0.5, 0.6) is 5.75 Å². The van der Waals surface area contributed by atoms with Crippen molar-refractivity contribution in [2.24, 2.45) is 0 Å². The van der Waals surface area contributed by atoms with Gasteiger partial charge in [0.15, 0.2) is 5.11 Å². The summed E-state index contributed by atoms with van der Waals surface area (Å²) in [6.45, 7) is 5.99. The highest BCUT2D eigenvalue weighted by molar-refractivity contribution is 7.80. The number of anilines is 1. The Bertz CT molecular complexity index is 1140. The molecule has 2 aromatic carbocycles. The number of H-pyrrole nitrogens is 1. The lowest BCUT2D eigenvalue weighted by molar-refractivity contribution is 0.327. The summed E-state index contributed by atoms with van der Waals surface area (Å²) < 4.78 is 5.43. The lowest BCUT2D eigenvalue weighted by Crippen LogP contribution is -2.40. The third-order valence-electron chi connectivity index (χ3n) is 5.20. The highest BCUT2D eigenvalue weighted by atomic mass is 32.1. The predicted molar refractivity (Wildman–Crippen MR) is 132 cm³/mol. The second-order valence-corrected chi connectivity index (χ2v) is 8.41. The van der Waals surface area contributed by atoms with Gasteiger partial charge in [-0.1, -0.05) is 18.2 Å². The van der Waals surface area contributed by atoms with Gasteiger partial charge in [0.05, 0.1) is 19.3 Å². The Balaban J connectivity index is 1.91. The van der Waals surface area contributed by atoms with Crippen LogP contribution in [0.1, 0.15) is 16.7 Å². The number of likely N-dealkylation sites (N-methyl/N-ethyl adjacent to an activating group) is 1. The van der Waals surface area contributed by atoms with Crippen LogP contribution in [0.3, 0.4) is 0 Å². The number of methoxy groups -OCH3 is 1. The lowest BCUT2D eigenvalue weighted by Gasteiger charge is -2.27. The quantitative estimate of drug-likeness (QED) is 0.546. The average Bonchev–Trinajstić information content (AvgIpc) is 2.71. The van der Waals surface area contributed by atoms with Gasteiger partial charge in [-0.25, -0.2) is 0 Å². The maximum absolute atomic E-state index is 12.8. The van der Waals surface area contributed by atoms with Gasteiger partial charge in [0, 0.05) is 29.6 Å². The molecule has 0 saturated carbocycles. The Morgan fingerprint density at radius 1 is 1.13 bits per heavy atom. The molecule has 7 heteroatoms. The number of benzene rings is 2. The molecule has 0 atom stereocenters. The fourth-order valence-corrected chi connectivity index (χ4v) is 3.82. The van der Waals surface area contributed by atoms with Crippen LogP contribution in [-0.4, -0.2) is 54.2 Å². The second-order valence-electron chi connectivity index (χ2n) is 8.02. The molecular weight excluding hydrogens is 408 g/mol. The first-order chi connectivity index (χ1) is 14.8. The summed E-state index contributed by atoms with van der Waals surface area (Å²) in [6.07, 6.45) is 0. The molecule has 0 fully saturated rings. The summed E-state index contributed by atoms with van der Waals surface area (Å²) in [4.78, 5) is 20.0. The minimum atomic E-state index is -0.0903. The molecule has 0 bridgehead atoms. The first-order valence-electron chi connectivity index (χ1n) is 10.3. The van der Waals surface area contributed by atoms with Crippen LogP contribution >= 0.6 is 12.2 Å². The number of hydrogen-bond acceptors (Lipinski definition) is 4. The van der Waals surface area contributed by atoms with Crippen molar-refractivity contribution >= 4 is 33.9 Å². The number of ether oxygens (including phenoxy) is 1. The number of pyridine rings is 1. The molecule has 0 aliphatic rings. The number of hydrogen-bond donors (Lipinski definition) is 2. The van der Waals surface area contributed by atoms with Gasteiger partial charge in [-0.05, 0) is 75.6 Å². The van der Waals surface area contributed by atoms with Crippen LogP contribution < -0.4 is 15.6 Å². The molecule has 0 saturated heterocycles. The molecule has 3 rings (SSSR count). The van der Waals surface area contributed by atoms with Crippen molar-refractivity contribution in [1.29, 1.82) is 0 Å². The molecule has 3 aromatic rings. The number of fused-ring (bicyclic) bond motifs is 1. The number of nitrogens with zero attached hydrogens (tertiary/aromatic N) is 2. The van der Waals surface area contributed by atoms with Gasteiger partial charge in [-0.3, -0.25) is 4.79 Å². The van der Waals surface area contributed by atoms with Gasteiger partial charge in [-0.2, -0.15) is 0 Å². The predicted octanol–water partition coefficient (Wildman–Crippen LogP) is 3.91. The van der Waals surface area contributed by atoms with Gasteiger partial charge in [-0.15, -0.1) is 0 Å². The third kappa shape index (κ3) is 5.62. The summed E-state index contributed by atoms with van der Waals surface area (Å²) in [6, 6.07) is 13.8. The maximum atomic E-state index is 12.8. The SMILES string of the molecule is COc1ccccc1NC(=S)N(CCN(C)C)Cc1cc2c(C)cc(C)cc2[nH]c1=O. The Morgan fingerprint density at radius 3 is 2.58 bits per heavy atom. The van der Waals surface area contributed by atoms with E-state index in [1.165, 1.54) is 0 Å². The summed E-state index contributed by atoms with van der Waals surface area (Å²) in [5, 5.41) is 4.88. The molecule has 164 valence electrons. The zero-order chi connectivity index (χ0) is 22.5. The third-order valence-corrected chi connectivity index (χ3v) is 5.56. The highest BCUT2D eigenvalue weighted by Crippen LogP contribution is 2.24. The van der Waals surface area contributed by atoms with E-state index < -0.39 is 0 Å². The van der Waals surface area contributed by atoms with E-state index in [1.807, 2.05) is 62.3 Å². The molecule has 0 radical (unpaired) electrons. The summed E-state index contributed by atoms with van der Waals surface area (Å²) in [5.41, 5.74) is 4.52. The Kier molecular flexibility index (Phi) is 7.30. The van der Waals surface area contributed by atoms with Crippen molar-refractivity contribution in [3.63, 3.8) is 0 Å². The number of thiocarbonyl (C=S) groups is 1. The molecule has 0 aliphatic carbocycles. The standard InChI is InChI=1S/C24H30N4O2S/c1-16-12-17(2)19-14-18(23(29)25-21(19)13-16)15-28(11-10-27(3)4)24(31)26-20-8-6-7-9-22(20)30-5/h6-9,12-14H,10-11,15H2,1-5H3,(H,25,29)(H,26,31). The van der Waals surface area contributed by atoms with Crippen LogP contribution in [0.2, 0.25) is 0 Å².